The van der Waals surface area contributed by atoms with Gasteiger partial charge in [-0.2, -0.15) is 0 Å². The minimum atomic E-state index is -0.283. The van der Waals surface area contributed by atoms with Gasteiger partial charge in [-0.15, -0.1) is 0 Å². The van der Waals surface area contributed by atoms with Crippen LogP contribution in [-0.4, -0.2) is 12.5 Å². The average molecular weight is 298 g/mol. The number of nitrogens with one attached hydrogen (secondary N) is 2. The molecule has 22 heavy (non-hydrogen) atoms. The van der Waals surface area contributed by atoms with Gasteiger partial charge in [0.05, 0.1) is 12.2 Å². The van der Waals surface area contributed by atoms with Crippen molar-refractivity contribution in [2.24, 2.45) is 0 Å². The normalized spacial score (nSPS) is 16.0. The third kappa shape index (κ3) is 2.93. The Morgan fingerprint density at radius 2 is 2.23 bits per heavy atom. The zero-order chi connectivity index (χ0) is 15.5. The molecule has 1 aliphatic heterocycles. The molecule has 1 aliphatic rings. The van der Waals surface area contributed by atoms with Gasteiger partial charge in [0.1, 0.15) is 17.7 Å². The lowest BCUT2D eigenvalue weighted by Gasteiger charge is -2.28. The monoisotopic (exact) mass is 298 g/mol. The predicted molar refractivity (Wildman–Crippen MR) is 83.5 cm³/mol. The SMILES string of the molecule is C=CC(=O)Nc1ccc2c(c1)NCC(c1cccc(F)c1)O2. The summed E-state index contributed by atoms with van der Waals surface area (Å²) in [5.74, 6) is 0.112. The minimum Gasteiger partial charge on any atom is -0.482 e. The highest BCUT2D eigenvalue weighted by molar-refractivity contribution is 5.99. The van der Waals surface area contributed by atoms with E-state index in [0.29, 0.717) is 18.0 Å². The lowest BCUT2D eigenvalue weighted by molar-refractivity contribution is -0.111. The van der Waals surface area contributed by atoms with E-state index in [0.717, 1.165) is 11.3 Å². The second-order valence-electron chi connectivity index (χ2n) is 4.95. The molecular formula is C17H15FN2O2. The van der Waals surface area contributed by atoms with Crippen LogP contribution >= 0.6 is 0 Å². The van der Waals surface area contributed by atoms with E-state index in [1.54, 1.807) is 24.3 Å². The maximum Gasteiger partial charge on any atom is 0.247 e. The molecule has 3 rings (SSSR count). The molecular weight excluding hydrogens is 283 g/mol. The van der Waals surface area contributed by atoms with E-state index in [2.05, 4.69) is 17.2 Å². The number of ether oxygens (including phenoxy) is 1. The van der Waals surface area contributed by atoms with Crippen molar-refractivity contribution in [3.63, 3.8) is 0 Å². The molecule has 5 heteroatoms. The van der Waals surface area contributed by atoms with Crippen LogP contribution in [0.25, 0.3) is 0 Å². The van der Waals surface area contributed by atoms with Gasteiger partial charge in [-0.05, 0) is 42.0 Å². The van der Waals surface area contributed by atoms with Crippen LogP contribution in [0.3, 0.4) is 0 Å². The van der Waals surface area contributed by atoms with Crippen molar-refractivity contribution in [3.8, 4) is 5.75 Å². The van der Waals surface area contributed by atoms with Gasteiger partial charge in [0.25, 0.3) is 0 Å². The van der Waals surface area contributed by atoms with Gasteiger partial charge in [0.2, 0.25) is 5.91 Å². The number of fused-ring (bicyclic) bond motifs is 1. The third-order valence-corrected chi connectivity index (χ3v) is 3.40. The highest BCUT2D eigenvalue weighted by Gasteiger charge is 2.21. The van der Waals surface area contributed by atoms with Crippen LogP contribution < -0.4 is 15.4 Å². The first kappa shape index (κ1) is 14.1. The van der Waals surface area contributed by atoms with Crippen molar-refractivity contribution >= 4 is 17.3 Å². The Balaban J connectivity index is 1.79. The highest BCUT2D eigenvalue weighted by atomic mass is 19.1. The molecule has 0 bridgehead atoms. The Labute approximate surface area is 127 Å². The fourth-order valence-electron chi connectivity index (χ4n) is 2.33. The number of halogens is 1. The van der Waals surface area contributed by atoms with Crippen molar-refractivity contribution in [1.29, 1.82) is 0 Å². The Morgan fingerprint density at radius 1 is 1.36 bits per heavy atom. The number of rotatable bonds is 3. The number of benzene rings is 2. The van der Waals surface area contributed by atoms with Crippen LogP contribution in [0.4, 0.5) is 15.8 Å². The van der Waals surface area contributed by atoms with Crippen molar-refractivity contribution < 1.29 is 13.9 Å². The third-order valence-electron chi connectivity index (χ3n) is 3.40. The second-order valence-corrected chi connectivity index (χ2v) is 4.95. The first-order valence-corrected chi connectivity index (χ1v) is 6.89. The van der Waals surface area contributed by atoms with E-state index in [4.69, 9.17) is 4.74 Å². The first-order valence-electron chi connectivity index (χ1n) is 6.89. The van der Waals surface area contributed by atoms with Gasteiger partial charge in [-0.3, -0.25) is 4.79 Å². The predicted octanol–water partition coefficient (Wildman–Crippen LogP) is 3.50. The number of carbonyl (C=O) groups excluding carboxylic acids is 1. The van der Waals surface area contributed by atoms with Crippen LogP contribution in [0.15, 0.2) is 55.1 Å². The molecule has 2 N–H and O–H groups in total. The smallest absolute Gasteiger partial charge is 0.247 e. The molecule has 2 aromatic carbocycles. The Hall–Kier alpha value is -2.82. The minimum absolute atomic E-state index is 0.253. The van der Waals surface area contributed by atoms with Crippen molar-refractivity contribution in [3.05, 3.63) is 66.5 Å². The summed E-state index contributed by atoms with van der Waals surface area (Å²) in [6.45, 7) is 3.93. The first-order chi connectivity index (χ1) is 10.7. The fourth-order valence-corrected chi connectivity index (χ4v) is 2.33. The van der Waals surface area contributed by atoms with Gasteiger partial charge in [0, 0.05) is 5.69 Å². The van der Waals surface area contributed by atoms with Crippen molar-refractivity contribution in [2.75, 3.05) is 17.2 Å². The summed E-state index contributed by atoms with van der Waals surface area (Å²) in [4.78, 5) is 11.3. The van der Waals surface area contributed by atoms with E-state index in [1.807, 2.05) is 6.07 Å². The molecule has 0 spiro atoms. The van der Waals surface area contributed by atoms with Crippen molar-refractivity contribution in [1.82, 2.24) is 0 Å². The molecule has 0 radical (unpaired) electrons. The topological polar surface area (TPSA) is 50.4 Å². The lowest BCUT2D eigenvalue weighted by Crippen LogP contribution is -2.23. The van der Waals surface area contributed by atoms with E-state index < -0.39 is 0 Å². The molecule has 0 fully saturated rings. The van der Waals surface area contributed by atoms with E-state index in [9.17, 15) is 9.18 Å². The van der Waals surface area contributed by atoms with Crippen LogP contribution in [0, 0.1) is 5.82 Å². The number of carbonyl (C=O) groups is 1. The molecule has 1 heterocycles. The largest absolute Gasteiger partial charge is 0.482 e. The summed E-state index contributed by atoms with van der Waals surface area (Å²) in [7, 11) is 0. The number of amides is 1. The van der Waals surface area contributed by atoms with Gasteiger partial charge >= 0.3 is 0 Å². The van der Waals surface area contributed by atoms with Gasteiger partial charge in [-0.1, -0.05) is 18.7 Å². The lowest BCUT2D eigenvalue weighted by atomic mass is 10.1. The summed E-state index contributed by atoms with van der Waals surface area (Å²) in [6, 6.07) is 11.7. The summed E-state index contributed by atoms with van der Waals surface area (Å²) in [5, 5.41) is 5.93. The zero-order valence-corrected chi connectivity index (χ0v) is 11.8. The van der Waals surface area contributed by atoms with Crippen LogP contribution in [0.5, 0.6) is 5.75 Å². The Kier molecular flexibility index (Phi) is 3.78. The summed E-state index contributed by atoms with van der Waals surface area (Å²) < 4.78 is 19.2. The van der Waals surface area contributed by atoms with Gasteiger partial charge in [-0.25, -0.2) is 4.39 Å². The van der Waals surface area contributed by atoms with Gasteiger partial charge in [0.15, 0.2) is 0 Å². The van der Waals surface area contributed by atoms with E-state index >= 15 is 0 Å². The fraction of sp³-hybridized carbons (Fsp3) is 0.118. The van der Waals surface area contributed by atoms with E-state index in [1.165, 1.54) is 18.2 Å². The molecule has 112 valence electrons. The quantitative estimate of drug-likeness (QED) is 0.853. The Morgan fingerprint density at radius 3 is 3.00 bits per heavy atom. The summed E-state index contributed by atoms with van der Waals surface area (Å²) >= 11 is 0. The molecule has 1 amide bonds. The molecule has 1 unspecified atom stereocenters. The maximum absolute atomic E-state index is 13.3. The number of hydrogen-bond acceptors (Lipinski definition) is 3. The molecule has 2 aromatic rings. The van der Waals surface area contributed by atoms with Gasteiger partial charge < -0.3 is 15.4 Å². The zero-order valence-electron chi connectivity index (χ0n) is 11.8. The molecule has 4 nitrogen and oxygen atoms in total. The molecule has 0 saturated heterocycles. The van der Waals surface area contributed by atoms with E-state index in [-0.39, 0.29) is 17.8 Å². The number of hydrogen-bond donors (Lipinski definition) is 2. The summed E-state index contributed by atoms with van der Waals surface area (Å²) in [5.41, 5.74) is 2.22. The highest BCUT2D eigenvalue weighted by Crippen LogP contribution is 2.36. The Bertz CT molecular complexity index is 730. The molecule has 0 saturated carbocycles. The van der Waals surface area contributed by atoms with Crippen molar-refractivity contribution in [2.45, 2.75) is 6.10 Å². The molecule has 0 aliphatic carbocycles. The second kappa shape index (κ2) is 5.89. The van der Waals surface area contributed by atoms with Crippen LogP contribution in [-0.2, 0) is 4.79 Å². The molecule has 1 atom stereocenters. The maximum atomic E-state index is 13.3. The number of anilines is 2. The van der Waals surface area contributed by atoms with Crippen LogP contribution in [0.1, 0.15) is 11.7 Å². The summed E-state index contributed by atoms with van der Waals surface area (Å²) in [6.07, 6.45) is 0.959. The molecule has 0 aromatic heterocycles. The van der Waals surface area contributed by atoms with Crippen LogP contribution in [0.2, 0.25) is 0 Å². The average Bonchev–Trinajstić information content (AvgIpc) is 2.54. The standard InChI is InChI=1S/C17H15FN2O2/c1-2-17(21)20-13-6-7-15-14(9-13)19-10-16(22-15)11-4-3-5-12(18)8-11/h2-9,16,19H,1,10H2,(H,20,21).